The van der Waals surface area contributed by atoms with Crippen molar-refractivity contribution in [2.45, 2.75) is 23.5 Å². The number of amides is 2. The quantitative estimate of drug-likeness (QED) is 0.285. The number of aromatic amines is 1. The van der Waals surface area contributed by atoms with Gasteiger partial charge in [-0.1, -0.05) is 36.4 Å². The van der Waals surface area contributed by atoms with Crippen molar-refractivity contribution in [3.8, 4) is 0 Å². The first-order valence-corrected chi connectivity index (χ1v) is 12.6. The van der Waals surface area contributed by atoms with Crippen LogP contribution in [0.4, 0.5) is 5.69 Å². The minimum Gasteiger partial charge on any atom is -0.361 e. The van der Waals surface area contributed by atoms with Gasteiger partial charge in [0.25, 0.3) is 15.9 Å². The molecule has 0 saturated carbocycles. The lowest BCUT2D eigenvalue weighted by Gasteiger charge is -2.12. The van der Waals surface area contributed by atoms with Crippen LogP contribution in [0.1, 0.15) is 28.8 Å². The van der Waals surface area contributed by atoms with Crippen LogP contribution in [0.5, 0.6) is 0 Å². The van der Waals surface area contributed by atoms with E-state index < -0.39 is 15.9 Å². The van der Waals surface area contributed by atoms with E-state index in [2.05, 4.69) is 20.6 Å². The third-order valence-electron chi connectivity index (χ3n) is 5.02. The first-order chi connectivity index (χ1) is 15.9. The number of aryl methyl sites for hydroxylation is 1. The number of hydrogen-bond acceptors (Lipinski definition) is 5. The summed E-state index contributed by atoms with van der Waals surface area (Å²) in [6.07, 6.45) is 3.50. The molecule has 4 N–H and O–H groups in total. The van der Waals surface area contributed by atoms with Crippen molar-refractivity contribution >= 4 is 49.8 Å². The average Bonchev–Trinajstić information content (AvgIpc) is 3.49. The first-order valence-electron chi connectivity index (χ1n) is 10.2. The summed E-state index contributed by atoms with van der Waals surface area (Å²) >= 11 is 1.07. The number of rotatable bonds is 8. The molecule has 4 aromatic rings. The Morgan fingerprint density at radius 1 is 0.939 bits per heavy atom. The molecule has 0 spiro atoms. The second-order valence-corrected chi connectivity index (χ2v) is 10.2. The fraction of sp³-hybridized carbons (Fsp3) is 0.130. The van der Waals surface area contributed by atoms with Crippen LogP contribution in [-0.2, 0) is 21.2 Å². The lowest BCUT2D eigenvalue weighted by atomic mass is 10.1. The van der Waals surface area contributed by atoms with E-state index in [0.29, 0.717) is 6.42 Å². The molecule has 8 nitrogen and oxygen atoms in total. The lowest BCUT2D eigenvalue weighted by Crippen LogP contribution is -2.41. The van der Waals surface area contributed by atoms with Crippen LogP contribution in [0.2, 0.25) is 0 Å². The van der Waals surface area contributed by atoms with Gasteiger partial charge >= 0.3 is 0 Å². The van der Waals surface area contributed by atoms with Gasteiger partial charge in [-0.3, -0.25) is 25.2 Å². The Bertz CT molecular complexity index is 1380. The van der Waals surface area contributed by atoms with Crippen molar-refractivity contribution in [2.24, 2.45) is 0 Å². The van der Waals surface area contributed by atoms with Crippen LogP contribution in [0, 0.1) is 0 Å². The molecule has 2 aromatic heterocycles. The highest BCUT2D eigenvalue weighted by Gasteiger charge is 2.19. The standard InChI is InChI=1S/C23H22N4O4S2/c28-21(12-5-7-16-15-24-19-10-3-1-8-17(16)19)25-26-23(29)18-9-2-4-11-20(18)27-33(30,31)22-13-6-14-32-22/h1-4,6,8-11,13-15,24,27H,5,7,12H2,(H,25,28)(H,26,29). The highest BCUT2D eigenvalue weighted by molar-refractivity contribution is 7.94. The smallest absolute Gasteiger partial charge is 0.271 e. The van der Waals surface area contributed by atoms with E-state index in [1.165, 1.54) is 18.2 Å². The van der Waals surface area contributed by atoms with Crippen molar-refractivity contribution in [1.82, 2.24) is 15.8 Å². The van der Waals surface area contributed by atoms with Gasteiger partial charge in [0, 0.05) is 23.5 Å². The summed E-state index contributed by atoms with van der Waals surface area (Å²) < 4.78 is 27.6. The van der Waals surface area contributed by atoms with E-state index in [4.69, 9.17) is 0 Å². The lowest BCUT2D eigenvalue weighted by molar-refractivity contribution is -0.121. The largest absolute Gasteiger partial charge is 0.361 e. The van der Waals surface area contributed by atoms with Crippen LogP contribution in [-0.4, -0.2) is 25.2 Å². The van der Waals surface area contributed by atoms with E-state index in [-0.39, 0.29) is 27.8 Å². The maximum Gasteiger partial charge on any atom is 0.271 e. The molecule has 0 saturated heterocycles. The van der Waals surface area contributed by atoms with Crippen LogP contribution >= 0.6 is 11.3 Å². The molecule has 0 fully saturated rings. The third-order valence-corrected chi connectivity index (χ3v) is 7.78. The van der Waals surface area contributed by atoms with Gasteiger partial charge in [-0.25, -0.2) is 8.42 Å². The first kappa shape index (κ1) is 22.6. The predicted molar refractivity (Wildman–Crippen MR) is 128 cm³/mol. The molecule has 170 valence electrons. The van der Waals surface area contributed by atoms with Crippen LogP contribution < -0.4 is 15.6 Å². The number of para-hydroxylation sites is 2. The molecule has 0 aliphatic carbocycles. The summed E-state index contributed by atoms with van der Waals surface area (Å²) in [7, 11) is -3.81. The number of nitrogens with one attached hydrogen (secondary N) is 4. The van der Waals surface area contributed by atoms with Gasteiger partial charge in [0.05, 0.1) is 11.3 Å². The zero-order chi connectivity index (χ0) is 23.3. The molecule has 2 heterocycles. The molecule has 0 aliphatic heterocycles. The highest BCUT2D eigenvalue weighted by Crippen LogP contribution is 2.23. The molecule has 2 aromatic carbocycles. The zero-order valence-electron chi connectivity index (χ0n) is 17.5. The summed E-state index contributed by atoms with van der Waals surface area (Å²) in [6.45, 7) is 0. The van der Waals surface area contributed by atoms with Gasteiger partial charge in [-0.05, 0) is 48.1 Å². The predicted octanol–water partition coefficient (Wildman–Crippen LogP) is 3.81. The molecule has 0 atom stereocenters. The number of anilines is 1. The number of H-pyrrole nitrogens is 1. The number of benzene rings is 2. The number of hydrazine groups is 1. The Labute approximate surface area is 195 Å². The van der Waals surface area contributed by atoms with Crippen molar-refractivity contribution in [2.75, 3.05) is 4.72 Å². The van der Waals surface area contributed by atoms with Gasteiger partial charge in [0.1, 0.15) is 4.21 Å². The Morgan fingerprint density at radius 3 is 2.55 bits per heavy atom. The van der Waals surface area contributed by atoms with E-state index in [1.807, 2.05) is 30.5 Å². The Morgan fingerprint density at radius 2 is 1.73 bits per heavy atom. The second-order valence-electron chi connectivity index (χ2n) is 7.30. The minimum absolute atomic E-state index is 0.0942. The third kappa shape index (κ3) is 5.41. The number of carbonyl (C=O) groups is 2. The summed E-state index contributed by atoms with van der Waals surface area (Å²) in [5.74, 6) is -0.954. The Balaban J connectivity index is 1.31. The number of aromatic nitrogens is 1. The molecule has 4 rings (SSSR count). The molecule has 10 heteroatoms. The summed E-state index contributed by atoms with van der Waals surface area (Å²) in [6, 6.07) is 17.3. The van der Waals surface area contributed by atoms with Gasteiger partial charge in [-0.15, -0.1) is 11.3 Å². The Hall–Kier alpha value is -3.63. The second kappa shape index (κ2) is 9.88. The van der Waals surface area contributed by atoms with Crippen molar-refractivity contribution in [3.05, 3.63) is 83.4 Å². The minimum atomic E-state index is -3.81. The number of carbonyl (C=O) groups excluding carboxylic acids is 2. The summed E-state index contributed by atoms with van der Waals surface area (Å²) in [4.78, 5) is 28.0. The zero-order valence-corrected chi connectivity index (χ0v) is 19.1. The molecule has 33 heavy (non-hydrogen) atoms. The Kier molecular flexibility index (Phi) is 6.76. The molecule has 0 aliphatic rings. The number of thiophene rings is 1. The van der Waals surface area contributed by atoms with Crippen LogP contribution in [0.25, 0.3) is 10.9 Å². The fourth-order valence-electron chi connectivity index (χ4n) is 3.42. The number of sulfonamides is 1. The van der Waals surface area contributed by atoms with Gasteiger partial charge in [0.2, 0.25) is 5.91 Å². The average molecular weight is 483 g/mol. The highest BCUT2D eigenvalue weighted by atomic mass is 32.2. The normalized spacial score (nSPS) is 11.3. The molecule has 0 unspecified atom stereocenters. The number of fused-ring (bicyclic) bond motifs is 1. The molecule has 0 radical (unpaired) electrons. The van der Waals surface area contributed by atoms with E-state index in [0.717, 1.165) is 34.2 Å². The van der Waals surface area contributed by atoms with E-state index in [1.54, 1.807) is 23.6 Å². The van der Waals surface area contributed by atoms with Crippen molar-refractivity contribution < 1.29 is 18.0 Å². The monoisotopic (exact) mass is 482 g/mol. The van der Waals surface area contributed by atoms with Gasteiger partial charge in [-0.2, -0.15) is 0 Å². The maximum absolute atomic E-state index is 12.6. The molecule has 0 bridgehead atoms. The molecular formula is C23H22N4O4S2. The van der Waals surface area contributed by atoms with Crippen molar-refractivity contribution in [1.29, 1.82) is 0 Å². The van der Waals surface area contributed by atoms with E-state index >= 15 is 0 Å². The van der Waals surface area contributed by atoms with Crippen LogP contribution in [0.15, 0.2) is 76.4 Å². The molecule has 2 amide bonds. The summed E-state index contributed by atoms with van der Waals surface area (Å²) in [5.41, 5.74) is 7.15. The maximum atomic E-state index is 12.6. The van der Waals surface area contributed by atoms with Gasteiger partial charge in [0.15, 0.2) is 0 Å². The SMILES string of the molecule is O=C(CCCc1c[nH]c2ccccc12)NNC(=O)c1ccccc1NS(=O)(=O)c1cccs1. The number of hydrogen-bond donors (Lipinski definition) is 4. The fourth-order valence-corrected chi connectivity index (χ4v) is 5.49. The van der Waals surface area contributed by atoms with Crippen LogP contribution in [0.3, 0.4) is 0 Å². The topological polar surface area (TPSA) is 120 Å². The van der Waals surface area contributed by atoms with Gasteiger partial charge < -0.3 is 4.98 Å². The van der Waals surface area contributed by atoms with E-state index in [9.17, 15) is 18.0 Å². The van der Waals surface area contributed by atoms with Crippen molar-refractivity contribution in [3.63, 3.8) is 0 Å². The molecular weight excluding hydrogens is 460 g/mol. The summed E-state index contributed by atoms with van der Waals surface area (Å²) in [5, 5.41) is 2.79.